The Kier molecular flexibility index (Phi) is 4.90. The predicted molar refractivity (Wildman–Crippen MR) is 115 cm³/mol. The van der Waals surface area contributed by atoms with Crippen molar-refractivity contribution in [1.82, 2.24) is 19.4 Å². The van der Waals surface area contributed by atoms with E-state index in [0.717, 1.165) is 18.8 Å². The first kappa shape index (κ1) is 18.5. The molecule has 3 aromatic rings. The molecule has 5 heteroatoms. The molecule has 1 aliphatic heterocycles. The van der Waals surface area contributed by atoms with Crippen LogP contribution in [0.5, 0.6) is 0 Å². The number of benzene rings is 1. The van der Waals surface area contributed by atoms with Crippen LogP contribution in [0.1, 0.15) is 61.6 Å². The monoisotopic (exact) mass is 390 g/mol. The summed E-state index contributed by atoms with van der Waals surface area (Å²) < 4.78 is 2.08. The quantitative estimate of drug-likeness (QED) is 0.698. The number of rotatable bonds is 4. The average molecular weight is 391 g/mol. The van der Waals surface area contributed by atoms with Crippen molar-refractivity contribution in [3.05, 3.63) is 53.7 Å². The second-order valence-corrected chi connectivity index (χ2v) is 8.66. The number of nitrogens with zero attached hydrogens (tertiary/aromatic N) is 3. The highest BCUT2D eigenvalue weighted by Crippen LogP contribution is 2.43. The highest BCUT2D eigenvalue weighted by Gasteiger charge is 2.38. The SMILES string of the molecule is Cc1nccn1CCC(=O)N1CCc2c([nH]c3ccccc23)[C@@H]1C1CCCCC1. The summed E-state index contributed by atoms with van der Waals surface area (Å²) in [6.45, 7) is 3.53. The zero-order valence-corrected chi connectivity index (χ0v) is 17.2. The van der Waals surface area contributed by atoms with Crippen LogP contribution in [0.2, 0.25) is 0 Å². The molecule has 1 aromatic carbocycles. The molecular weight excluding hydrogens is 360 g/mol. The highest BCUT2D eigenvalue weighted by molar-refractivity contribution is 5.86. The minimum Gasteiger partial charge on any atom is -0.356 e. The van der Waals surface area contributed by atoms with Gasteiger partial charge in [0.2, 0.25) is 5.91 Å². The van der Waals surface area contributed by atoms with E-state index in [2.05, 4.69) is 43.7 Å². The van der Waals surface area contributed by atoms with Crippen molar-refractivity contribution in [1.29, 1.82) is 0 Å². The van der Waals surface area contributed by atoms with Gasteiger partial charge in [-0.05, 0) is 43.7 Å². The lowest BCUT2D eigenvalue weighted by Crippen LogP contribution is -2.44. The molecule has 1 atom stereocenters. The fourth-order valence-electron chi connectivity index (χ4n) is 5.49. The molecule has 0 radical (unpaired) electrons. The Labute approximate surface area is 172 Å². The zero-order chi connectivity index (χ0) is 19.8. The van der Waals surface area contributed by atoms with Gasteiger partial charge in [-0.1, -0.05) is 37.5 Å². The molecule has 1 fully saturated rings. The Bertz CT molecular complexity index is 1010. The molecule has 29 heavy (non-hydrogen) atoms. The number of carbonyl (C=O) groups excluding carboxylic acids is 1. The summed E-state index contributed by atoms with van der Waals surface area (Å²) in [7, 11) is 0. The van der Waals surface area contributed by atoms with Crippen molar-refractivity contribution >= 4 is 16.8 Å². The third-order valence-electron chi connectivity index (χ3n) is 6.99. The zero-order valence-electron chi connectivity index (χ0n) is 17.2. The lowest BCUT2D eigenvalue weighted by Gasteiger charge is -2.42. The van der Waals surface area contributed by atoms with Crippen molar-refractivity contribution in [3.63, 3.8) is 0 Å². The van der Waals surface area contributed by atoms with Gasteiger partial charge < -0.3 is 14.5 Å². The fourth-order valence-corrected chi connectivity index (χ4v) is 5.49. The average Bonchev–Trinajstić information content (AvgIpc) is 3.34. The summed E-state index contributed by atoms with van der Waals surface area (Å²) >= 11 is 0. The van der Waals surface area contributed by atoms with Crippen LogP contribution in [0.15, 0.2) is 36.7 Å². The van der Waals surface area contributed by atoms with Crippen LogP contribution in [0, 0.1) is 12.8 Å². The number of carbonyl (C=O) groups is 1. The van der Waals surface area contributed by atoms with Gasteiger partial charge in [0, 0.05) is 48.5 Å². The van der Waals surface area contributed by atoms with Crippen LogP contribution in [0.3, 0.4) is 0 Å². The van der Waals surface area contributed by atoms with Crippen LogP contribution in [-0.4, -0.2) is 31.9 Å². The summed E-state index contributed by atoms with van der Waals surface area (Å²) in [5, 5.41) is 1.34. The maximum Gasteiger partial charge on any atom is 0.224 e. The van der Waals surface area contributed by atoms with Gasteiger partial charge in [-0.15, -0.1) is 0 Å². The summed E-state index contributed by atoms with van der Waals surface area (Å²) in [6.07, 6.45) is 11.6. The van der Waals surface area contributed by atoms with E-state index >= 15 is 0 Å². The van der Waals surface area contributed by atoms with Crippen LogP contribution < -0.4 is 0 Å². The van der Waals surface area contributed by atoms with Crippen molar-refractivity contribution in [3.8, 4) is 0 Å². The number of hydrogen-bond acceptors (Lipinski definition) is 2. The van der Waals surface area contributed by atoms with E-state index in [0.29, 0.717) is 18.9 Å². The van der Waals surface area contributed by atoms with Crippen molar-refractivity contribution in [2.75, 3.05) is 6.54 Å². The van der Waals surface area contributed by atoms with Gasteiger partial charge >= 0.3 is 0 Å². The minimum atomic E-state index is 0.197. The first-order valence-electron chi connectivity index (χ1n) is 11.1. The van der Waals surface area contributed by atoms with E-state index in [4.69, 9.17) is 0 Å². The van der Waals surface area contributed by atoms with E-state index < -0.39 is 0 Å². The normalized spacial score (nSPS) is 20.2. The van der Waals surface area contributed by atoms with E-state index in [1.54, 1.807) is 0 Å². The Morgan fingerprint density at radius 1 is 1.21 bits per heavy atom. The fraction of sp³-hybridized carbons (Fsp3) is 0.500. The number of nitrogens with one attached hydrogen (secondary N) is 1. The largest absolute Gasteiger partial charge is 0.356 e. The summed E-state index contributed by atoms with van der Waals surface area (Å²) in [5.74, 6) is 1.81. The molecule has 1 saturated carbocycles. The van der Waals surface area contributed by atoms with Crippen LogP contribution in [0.4, 0.5) is 0 Å². The Morgan fingerprint density at radius 2 is 2.03 bits per heavy atom. The van der Waals surface area contributed by atoms with Crippen LogP contribution in [0.25, 0.3) is 10.9 Å². The number of imidazole rings is 1. The number of hydrogen-bond donors (Lipinski definition) is 1. The van der Waals surface area contributed by atoms with Gasteiger partial charge in [0.25, 0.3) is 0 Å². The molecule has 0 bridgehead atoms. The number of H-pyrrole nitrogens is 1. The molecule has 2 aromatic heterocycles. The standard InChI is InChI=1S/C24H30N4O/c1-17-25-13-16-27(17)14-12-22(29)28-15-11-20-19-9-5-6-10-21(19)26-23(20)24(28)18-7-3-2-4-8-18/h5-6,9-10,13,16,18,24,26H,2-4,7-8,11-12,14-15H2,1H3/t24-/m0/s1. The molecule has 5 nitrogen and oxygen atoms in total. The second-order valence-electron chi connectivity index (χ2n) is 8.66. The maximum absolute atomic E-state index is 13.4. The van der Waals surface area contributed by atoms with E-state index in [-0.39, 0.29) is 11.9 Å². The summed E-state index contributed by atoms with van der Waals surface area (Å²) in [4.78, 5) is 23.6. The Hall–Kier alpha value is -2.56. The molecule has 0 unspecified atom stereocenters. The van der Waals surface area contributed by atoms with Crippen molar-refractivity contribution < 1.29 is 4.79 Å². The third-order valence-corrected chi connectivity index (χ3v) is 6.99. The molecule has 2 aliphatic rings. The first-order valence-corrected chi connectivity index (χ1v) is 11.1. The molecule has 1 amide bonds. The van der Waals surface area contributed by atoms with Gasteiger partial charge in [-0.3, -0.25) is 4.79 Å². The molecule has 0 spiro atoms. The van der Waals surface area contributed by atoms with E-state index in [1.807, 2.05) is 19.3 Å². The third kappa shape index (κ3) is 3.37. The van der Waals surface area contributed by atoms with E-state index in [1.165, 1.54) is 54.3 Å². The number of para-hydroxylation sites is 1. The van der Waals surface area contributed by atoms with Gasteiger partial charge in [0.1, 0.15) is 5.82 Å². The lowest BCUT2D eigenvalue weighted by atomic mass is 9.79. The number of amides is 1. The Morgan fingerprint density at radius 3 is 2.83 bits per heavy atom. The van der Waals surface area contributed by atoms with Gasteiger partial charge in [0.05, 0.1) is 6.04 Å². The van der Waals surface area contributed by atoms with Gasteiger partial charge in [-0.2, -0.15) is 0 Å². The first-order chi connectivity index (χ1) is 14.2. The lowest BCUT2D eigenvalue weighted by molar-refractivity contribution is -0.136. The number of aromatic nitrogens is 3. The van der Waals surface area contributed by atoms with Crippen molar-refractivity contribution in [2.24, 2.45) is 5.92 Å². The topological polar surface area (TPSA) is 53.9 Å². The summed E-state index contributed by atoms with van der Waals surface area (Å²) in [6, 6.07) is 8.80. The van der Waals surface area contributed by atoms with Crippen molar-refractivity contribution in [2.45, 2.75) is 64.5 Å². The molecule has 152 valence electrons. The number of aromatic amines is 1. The van der Waals surface area contributed by atoms with Crippen LogP contribution >= 0.6 is 0 Å². The minimum absolute atomic E-state index is 0.197. The summed E-state index contributed by atoms with van der Waals surface area (Å²) in [5.41, 5.74) is 3.95. The molecular formula is C24H30N4O. The molecule has 1 aliphatic carbocycles. The van der Waals surface area contributed by atoms with Gasteiger partial charge in [-0.25, -0.2) is 4.98 Å². The van der Waals surface area contributed by atoms with Gasteiger partial charge in [0.15, 0.2) is 0 Å². The number of fused-ring (bicyclic) bond motifs is 3. The van der Waals surface area contributed by atoms with Crippen LogP contribution in [-0.2, 0) is 17.8 Å². The second kappa shape index (κ2) is 7.69. The maximum atomic E-state index is 13.4. The molecule has 1 N–H and O–H groups in total. The molecule has 0 saturated heterocycles. The molecule has 3 heterocycles. The highest BCUT2D eigenvalue weighted by atomic mass is 16.2. The Balaban J connectivity index is 1.45. The smallest absolute Gasteiger partial charge is 0.224 e. The predicted octanol–water partition coefficient (Wildman–Crippen LogP) is 4.77. The van der Waals surface area contributed by atoms with E-state index in [9.17, 15) is 4.79 Å². The molecule has 5 rings (SSSR count). The number of aryl methyl sites for hydroxylation is 2.